The Morgan fingerprint density at radius 2 is 2.00 bits per heavy atom. The largest absolute Gasteiger partial charge is 0.463 e. The number of nitrogens with zero attached hydrogens (tertiary/aromatic N) is 3. The van der Waals surface area contributed by atoms with Crippen molar-refractivity contribution < 1.29 is 18.7 Å². The number of carbonyl (C=O) groups is 2. The highest BCUT2D eigenvalue weighted by Gasteiger charge is 2.20. The van der Waals surface area contributed by atoms with Crippen molar-refractivity contribution in [3.05, 3.63) is 71.6 Å². The number of furan rings is 1. The molecule has 8 heteroatoms. The topological polar surface area (TPSA) is 99.2 Å². The van der Waals surface area contributed by atoms with Crippen LogP contribution in [-0.4, -0.2) is 33.2 Å². The first-order chi connectivity index (χ1) is 15.5. The van der Waals surface area contributed by atoms with Gasteiger partial charge in [0, 0.05) is 18.8 Å². The molecule has 1 aromatic carbocycles. The maximum atomic E-state index is 13.2. The number of rotatable bonds is 6. The van der Waals surface area contributed by atoms with Crippen LogP contribution in [0.4, 0.5) is 5.69 Å². The zero-order chi connectivity index (χ0) is 22.7. The molecular weight excluding hydrogens is 408 g/mol. The van der Waals surface area contributed by atoms with Gasteiger partial charge in [-0.2, -0.15) is 5.10 Å². The maximum absolute atomic E-state index is 13.2. The lowest BCUT2D eigenvalue weighted by molar-refractivity contribution is -0.137. The Hall–Kier alpha value is -4.20. The van der Waals surface area contributed by atoms with Crippen LogP contribution in [0.25, 0.3) is 28.6 Å². The standard InChI is InChI=1S/C24H22N4O4/c1-4-31-21(29)12-9-16-7-10-17(11-8-16)25-24(30)18-14-19(20-6-5-13-32-20)26-23-22(18)15(2)27-28(23)3/h5-14H,4H2,1-3H3,(H,25,30)/b12-9+. The fourth-order valence-electron chi connectivity index (χ4n) is 3.41. The van der Waals surface area contributed by atoms with Crippen molar-refractivity contribution in [3.63, 3.8) is 0 Å². The predicted molar refractivity (Wildman–Crippen MR) is 121 cm³/mol. The van der Waals surface area contributed by atoms with E-state index in [1.54, 1.807) is 73.5 Å². The second-order valence-electron chi connectivity index (χ2n) is 7.10. The summed E-state index contributed by atoms with van der Waals surface area (Å²) in [5, 5.41) is 8.03. The third-order valence-electron chi connectivity index (χ3n) is 4.85. The average Bonchev–Trinajstić information content (AvgIpc) is 3.41. The molecule has 0 aliphatic rings. The Morgan fingerprint density at radius 3 is 2.69 bits per heavy atom. The Balaban J connectivity index is 1.62. The van der Waals surface area contributed by atoms with E-state index in [0.717, 1.165) is 5.56 Å². The first-order valence-electron chi connectivity index (χ1n) is 10.1. The Morgan fingerprint density at radius 1 is 1.22 bits per heavy atom. The molecule has 0 aliphatic heterocycles. The highest BCUT2D eigenvalue weighted by atomic mass is 16.5. The lowest BCUT2D eigenvalue weighted by atomic mass is 10.1. The van der Waals surface area contributed by atoms with E-state index in [4.69, 9.17) is 9.15 Å². The molecule has 0 spiro atoms. The van der Waals surface area contributed by atoms with Gasteiger partial charge in [0.25, 0.3) is 5.91 Å². The molecule has 162 valence electrons. The number of aryl methyl sites for hydroxylation is 2. The minimum absolute atomic E-state index is 0.281. The molecule has 0 atom stereocenters. The number of pyridine rings is 1. The van der Waals surface area contributed by atoms with Gasteiger partial charge in [-0.3, -0.25) is 9.48 Å². The summed E-state index contributed by atoms with van der Waals surface area (Å²) < 4.78 is 12.0. The number of anilines is 1. The average molecular weight is 430 g/mol. The van der Waals surface area contributed by atoms with E-state index in [9.17, 15) is 9.59 Å². The van der Waals surface area contributed by atoms with E-state index in [0.29, 0.717) is 46.0 Å². The number of hydrogen-bond donors (Lipinski definition) is 1. The van der Waals surface area contributed by atoms with Gasteiger partial charge in [0.1, 0.15) is 5.69 Å². The molecule has 0 radical (unpaired) electrons. The molecule has 4 aromatic rings. The van der Waals surface area contributed by atoms with Crippen LogP contribution in [0.1, 0.15) is 28.5 Å². The van der Waals surface area contributed by atoms with Crippen molar-refractivity contribution in [2.45, 2.75) is 13.8 Å². The van der Waals surface area contributed by atoms with Crippen molar-refractivity contribution in [3.8, 4) is 11.5 Å². The highest BCUT2D eigenvalue weighted by Crippen LogP contribution is 2.27. The van der Waals surface area contributed by atoms with Gasteiger partial charge in [0.05, 0.1) is 29.5 Å². The maximum Gasteiger partial charge on any atom is 0.330 e. The lowest BCUT2D eigenvalue weighted by Crippen LogP contribution is -2.13. The molecule has 0 bridgehead atoms. The van der Waals surface area contributed by atoms with E-state index in [1.165, 1.54) is 6.08 Å². The molecule has 1 N–H and O–H groups in total. The number of amides is 1. The summed E-state index contributed by atoms with van der Waals surface area (Å²) >= 11 is 0. The van der Waals surface area contributed by atoms with Crippen LogP contribution in [0.15, 0.2) is 59.2 Å². The van der Waals surface area contributed by atoms with Crippen LogP contribution in [0, 0.1) is 6.92 Å². The Bertz CT molecular complexity index is 1300. The van der Waals surface area contributed by atoms with Crippen molar-refractivity contribution in [1.82, 2.24) is 14.8 Å². The molecule has 1 amide bonds. The minimum Gasteiger partial charge on any atom is -0.463 e. The van der Waals surface area contributed by atoms with Gasteiger partial charge in [0.2, 0.25) is 0 Å². The van der Waals surface area contributed by atoms with Crippen LogP contribution in [0.5, 0.6) is 0 Å². The number of fused-ring (bicyclic) bond motifs is 1. The minimum atomic E-state index is -0.397. The third-order valence-corrected chi connectivity index (χ3v) is 4.85. The van der Waals surface area contributed by atoms with Crippen molar-refractivity contribution in [2.75, 3.05) is 11.9 Å². The molecule has 0 saturated carbocycles. The normalized spacial score (nSPS) is 11.2. The predicted octanol–water partition coefficient (Wildman–Crippen LogP) is 4.37. The Kier molecular flexibility index (Phi) is 5.85. The number of nitrogens with one attached hydrogen (secondary N) is 1. The second kappa shape index (κ2) is 8.89. The molecule has 32 heavy (non-hydrogen) atoms. The molecule has 0 fully saturated rings. The quantitative estimate of drug-likeness (QED) is 0.360. The zero-order valence-corrected chi connectivity index (χ0v) is 18.0. The summed E-state index contributed by atoms with van der Waals surface area (Å²) in [6.07, 6.45) is 4.59. The SMILES string of the molecule is CCOC(=O)/C=C/c1ccc(NC(=O)c2cc(-c3ccco3)nc3c2c(C)nn3C)cc1. The van der Waals surface area contributed by atoms with Gasteiger partial charge in [-0.05, 0) is 55.8 Å². The van der Waals surface area contributed by atoms with E-state index in [1.807, 2.05) is 6.92 Å². The van der Waals surface area contributed by atoms with E-state index in [-0.39, 0.29) is 5.91 Å². The fraction of sp³-hybridized carbons (Fsp3) is 0.167. The fourth-order valence-corrected chi connectivity index (χ4v) is 3.41. The molecule has 0 saturated heterocycles. The number of carbonyl (C=O) groups excluding carboxylic acids is 2. The van der Waals surface area contributed by atoms with Crippen LogP contribution >= 0.6 is 0 Å². The van der Waals surface area contributed by atoms with Crippen molar-refractivity contribution >= 4 is 34.7 Å². The van der Waals surface area contributed by atoms with Crippen LogP contribution in [0.3, 0.4) is 0 Å². The van der Waals surface area contributed by atoms with Gasteiger partial charge in [0.15, 0.2) is 11.4 Å². The second-order valence-corrected chi connectivity index (χ2v) is 7.10. The molecule has 3 heterocycles. The number of benzene rings is 1. The van der Waals surface area contributed by atoms with Gasteiger partial charge < -0.3 is 14.5 Å². The molecule has 8 nitrogen and oxygen atoms in total. The van der Waals surface area contributed by atoms with Crippen molar-refractivity contribution in [1.29, 1.82) is 0 Å². The van der Waals surface area contributed by atoms with Crippen LogP contribution in [0.2, 0.25) is 0 Å². The smallest absolute Gasteiger partial charge is 0.330 e. The van der Waals surface area contributed by atoms with E-state index >= 15 is 0 Å². The Labute approximate surface area is 184 Å². The van der Waals surface area contributed by atoms with Crippen LogP contribution < -0.4 is 5.32 Å². The van der Waals surface area contributed by atoms with Gasteiger partial charge >= 0.3 is 5.97 Å². The van der Waals surface area contributed by atoms with Crippen LogP contribution in [-0.2, 0) is 16.6 Å². The van der Waals surface area contributed by atoms with Gasteiger partial charge in [-0.25, -0.2) is 9.78 Å². The lowest BCUT2D eigenvalue weighted by Gasteiger charge is -2.09. The number of ether oxygens (including phenoxy) is 1. The summed E-state index contributed by atoms with van der Waals surface area (Å²) in [4.78, 5) is 29.3. The summed E-state index contributed by atoms with van der Waals surface area (Å²) in [5.41, 5.74) is 3.75. The molecule has 3 aromatic heterocycles. The number of esters is 1. The van der Waals surface area contributed by atoms with Gasteiger partial charge in [-0.15, -0.1) is 0 Å². The molecule has 0 aliphatic carbocycles. The zero-order valence-electron chi connectivity index (χ0n) is 18.0. The third kappa shape index (κ3) is 4.29. The van der Waals surface area contributed by atoms with E-state index in [2.05, 4.69) is 15.4 Å². The molecular formula is C24H22N4O4. The summed E-state index contributed by atoms with van der Waals surface area (Å²) in [5.74, 6) is -0.112. The van der Waals surface area contributed by atoms with Crippen molar-refractivity contribution in [2.24, 2.45) is 7.05 Å². The van der Waals surface area contributed by atoms with E-state index < -0.39 is 5.97 Å². The summed E-state index contributed by atoms with van der Waals surface area (Å²) in [6.45, 7) is 3.93. The molecule has 4 rings (SSSR count). The molecule has 0 unspecified atom stereocenters. The summed E-state index contributed by atoms with van der Waals surface area (Å²) in [6, 6.07) is 12.4. The monoisotopic (exact) mass is 430 g/mol. The number of aromatic nitrogens is 3. The first kappa shape index (κ1) is 21.0. The first-order valence-corrected chi connectivity index (χ1v) is 10.1. The highest BCUT2D eigenvalue weighted by molar-refractivity contribution is 6.13. The summed E-state index contributed by atoms with van der Waals surface area (Å²) in [7, 11) is 1.79. The number of hydrogen-bond acceptors (Lipinski definition) is 6. The van der Waals surface area contributed by atoms with Gasteiger partial charge in [-0.1, -0.05) is 12.1 Å².